The summed E-state index contributed by atoms with van der Waals surface area (Å²) < 4.78 is 27.8. The van der Waals surface area contributed by atoms with Gasteiger partial charge in [0, 0.05) is 115 Å². The van der Waals surface area contributed by atoms with Crippen molar-refractivity contribution in [2.75, 3.05) is 85.6 Å². The minimum atomic E-state index is 0.164. The molecule has 0 saturated heterocycles. The Morgan fingerprint density at radius 1 is 0.634 bits per heavy atom. The number of fused-ring (bicyclic) bond motifs is 3. The Hall–Kier alpha value is -9.96. The molecule has 0 spiro atoms. The first-order valence-corrected chi connectivity index (χ1v) is 27.2. The lowest BCUT2D eigenvalue weighted by Crippen LogP contribution is -2.26. The van der Waals surface area contributed by atoms with Crippen LogP contribution in [0.15, 0.2) is 102 Å². The van der Waals surface area contributed by atoms with Gasteiger partial charge in [-0.05, 0) is 119 Å². The number of rotatable bonds is 19. The van der Waals surface area contributed by atoms with Crippen molar-refractivity contribution in [2.24, 2.45) is 0 Å². The molecule has 8 heterocycles. The van der Waals surface area contributed by atoms with Crippen molar-refractivity contribution in [3.8, 4) is 45.4 Å². The highest BCUT2D eigenvalue weighted by Crippen LogP contribution is 2.42. The van der Waals surface area contributed by atoms with E-state index in [9.17, 15) is 0 Å². The fourth-order valence-electron chi connectivity index (χ4n) is 10.5. The topological polar surface area (TPSA) is 252 Å². The number of ether oxygens (including phenoxy) is 3. The maximum atomic E-state index is 6.95. The molecule has 0 aliphatic carbocycles. The SMILES string of the molecule is CNc1cc(C)nc(Nc2ccc(OCc3cc4c(-c5cc(Nc6nc(C)cc(NC)n6)ccc5OCc5nn(-c6cc(Nc7nc(C)cc(NC)n7)ccc6OC)c6c5NCCC6)cccc4[nH]3)c(-c3onc4c3CCN(C)C4)c2)n1. The average Bonchev–Trinajstić information content (AvgIpc) is 4.26. The van der Waals surface area contributed by atoms with E-state index in [1.165, 1.54) is 0 Å². The molecule has 82 heavy (non-hydrogen) atoms. The molecule has 10 aromatic rings. The number of anilines is 10. The van der Waals surface area contributed by atoms with Crippen LogP contribution in [0.3, 0.4) is 0 Å². The highest BCUT2D eigenvalue weighted by molar-refractivity contribution is 5.98. The van der Waals surface area contributed by atoms with Crippen LogP contribution in [0.1, 0.15) is 51.8 Å². The van der Waals surface area contributed by atoms with Crippen LogP contribution in [0.5, 0.6) is 17.2 Å². The molecule has 0 bridgehead atoms. The van der Waals surface area contributed by atoms with Crippen molar-refractivity contribution in [3.05, 3.63) is 142 Å². The Morgan fingerprint density at radius 3 is 1.87 bits per heavy atom. The van der Waals surface area contributed by atoms with E-state index in [0.717, 1.165) is 134 Å². The summed E-state index contributed by atoms with van der Waals surface area (Å²) in [5.41, 5.74) is 14.6. The van der Waals surface area contributed by atoms with Crippen LogP contribution in [0.2, 0.25) is 0 Å². The van der Waals surface area contributed by atoms with Crippen LogP contribution in [-0.2, 0) is 32.6 Å². The number of H-pyrrole nitrogens is 1. The number of aryl methyl sites for hydroxylation is 3. The van der Waals surface area contributed by atoms with Crippen molar-refractivity contribution in [3.63, 3.8) is 0 Å². The lowest BCUT2D eigenvalue weighted by Gasteiger charge is -2.21. The van der Waals surface area contributed by atoms with Gasteiger partial charge in [0.1, 0.15) is 65.0 Å². The van der Waals surface area contributed by atoms with Gasteiger partial charge in [-0.3, -0.25) is 0 Å². The second kappa shape index (κ2) is 22.7. The molecule has 0 unspecified atom stereocenters. The van der Waals surface area contributed by atoms with Gasteiger partial charge < -0.3 is 65.8 Å². The predicted molar refractivity (Wildman–Crippen MR) is 320 cm³/mol. The minimum absolute atomic E-state index is 0.164. The van der Waals surface area contributed by atoms with Gasteiger partial charge in [-0.1, -0.05) is 17.3 Å². The monoisotopic (exact) mass is 1100 g/mol. The number of nitrogens with one attached hydrogen (secondary N) is 8. The fraction of sp³-hybridized carbons (Fsp3) is 0.267. The number of aromatic amines is 1. The van der Waals surface area contributed by atoms with Crippen molar-refractivity contribution in [1.82, 2.24) is 54.7 Å². The second-order valence-corrected chi connectivity index (χ2v) is 20.4. The normalized spacial score (nSPS) is 13.0. The van der Waals surface area contributed by atoms with Gasteiger partial charge in [0.15, 0.2) is 5.76 Å². The summed E-state index contributed by atoms with van der Waals surface area (Å²) in [6.07, 6.45) is 2.53. The van der Waals surface area contributed by atoms with E-state index in [1.807, 2.05) is 119 Å². The zero-order valence-electron chi connectivity index (χ0n) is 47.0. The van der Waals surface area contributed by atoms with Crippen LogP contribution in [0, 0.1) is 20.8 Å². The highest BCUT2D eigenvalue weighted by atomic mass is 16.5. The third-order valence-corrected chi connectivity index (χ3v) is 14.4. The van der Waals surface area contributed by atoms with Crippen molar-refractivity contribution < 1.29 is 18.7 Å². The Morgan fingerprint density at radius 2 is 1.23 bits per heavy atom. The molecule has 2 aliphatic heterocycles. The van der Waals surface area contributed by atoms with Gasteiger partial charge in [0.05, 0.1) is 29.7 Å². The predicted octanol–water partition coefficient (Wildman–Crippen LogP) is 10.8. The quantitative estimate of drug-likeness (QED) is 0.0375. The minimum Gasteiger partial charge on any atom is -0.494 e. The molecular formula is C60H64N18O4. The van der Waals surface area contributed by atoms with Gasteiger partial charge in [-0.2, -0.15) is 20.1 Å². The molecule has 0 amide bonds. The van der Waals surface area contributed by atoms with E-state index >= 15 is 0 Å². The number of likely N-dealkylation sites (N-methyl/N-ethyl adjacent to an activating group) is 1. The summed E-state index contributed by atoms with van der Waals surface area (Å²) in [6.45, 7) is 8.60. The molecule has 0 atom stereocenters. The van der Waals surface area contributed by atoms with Crippen LogP contribution < -0.4 is 51.4 Å². The number of hydrogen-bond donors (Lipinski definition) is 8. The van der Waals surface area contributed by atoms with E-state index < -0.39 is 0 Å². The van der Waals surface area contributed by atoms with Crippen LogP contribution in [0.25, 0.3) is 39.0 Å². The number of methoxy groups -OCH3 is 1. The summed E-state index contributed by atoms with van der Waals surface area (Å²) in [5, 5.41) is 34.0. The third kappa shape index (κ3) is 11.0. The molecule has 2 aliphatic rings. The molecule has 22 heteroatoms. The summed E-state index contributed by atoms with van der Waals surface area (Å²) in [7, 11) is 9.27. The molecule has 0 radical (unpaired) electrons. The molecule has 12 rings (SSSR count). The lowest BCUT2D eigenvalue weighted by molar-refractivity contribution is 0.301. The van der Waals surface area contributed by atoms with Crippen LogP contribution in [-0.4, -0.2) is 103 Å². The van der Waals surface area contributed by atoms with Gasteiger partial charge in [-0.25, -0.2) is 19.6 Å². The fourth-order valence-corrected chi connectivity index (χ4v) is 10.5. The molecule has 0 fully saturated rings. The smallest absolute Gasteiger partial charge is 0.229 e. The van der Waals surface area contributed by atoms with Crippen molar-refractivity contribution >= 4 is 69.0 Å². The van der Waals surface area contributed by atoms with E-state index in [0.29, 0.717) is 64.9 Å². The Balaban J connectivity index is 0.873. The van der Waals surface area contributed by atoms with Crippen LogP contribution in [0.4, 0.5) is 58.0 Å². The molecule has 22 nitrogen and oxygen atoms in total. The summed E-state index contributed by atoms with van der Waals surface area (Å²) in [5.74, 6) is 6.18. The second-order valence-electron chi connectivity index (χ2n) is 20.4. The maximum absolute atomic E-state index is 6.95. The lowest BCUT2D eigenvalue weighted by atomic mass is 9.99. The number of nitrogens with zero attached hydrogens (tertiary/aromatic N) is 10. The summed E-state index contributed by atoms with van der Waals surface area (Å²) in [4.78, 5) is 33.8. The van der Waals surface area contributed by atoms with Crippen molar-refractivity contribution in [2.45, 2.75) is 59.8 Å². The van der Waals surface area contributed by atoms with E-state index in [1.54, 1.807) is 7.11 Å². The Bertz CT molecular complexity index is 4000. The van der Waals surface area contributed by atoms with Gasteiger partial charge in [0.2, 0.25) is 17.8 Å². The average molecular weight is 1100 g/mol. The van der Waals surface area contributed by atoms with Gasteiger partial charge >= 0.3 is 0 Å². The molecule has 418 valence electrons. The van der Waals surface area contributed by atoms with E-state index in [-0.39, 0.29) is 13.2 Å². The third-order valence-electron chi connectivity index (χ3n) is 14.4. The van der Waals surface area contributed by atoms with Crippen LogP contribution >= 0.6 is 0 Å². The zero-order chi connectivity index (χ0) is 56.4. The Kier molecular flexibility index (Phi) is 14.6. The van der Waals surface area contributed by atoms with Crippen molar-refractivity contribution in [1.29, 1.82) is 0 Å². The van der Waals surface area contributed by atoms with E-state index in [2.05, 4.69) is 104 Å². The standard InChI is InChI=1S/C60H64N18O4/c1-33-23-53(61-4)72-58(65-33)69-36-14-17-50(81-32-47-56-48(13-10-21-64-56)78(75-47)49-29-38(16-19-52(49)79-8)71-60-67-35(3)25-55(63-6)74-60)43(26-36)40-11-9-12-45-42(40)28-39(68-45)31-80-51-18-15-37(70-59-66-34(2)24-54(62-5)73-59)27-44(51)57-41-20-22-77(7)30-46(41)76-82-57/h9,11-12,14-19,23-29,64,68H,10,13,20-22,30-32H2,1-8H3,(H2,61,65,69,72)(H2,62,66,70,73)(H2,63,67,71,74). The highest BCUT2D eigenvalue weighted by Gasteiger charge is 2.27. The molecule has 0 saturated carbocycles. The van der Waals surface area contributed by atoms with Gasteiger partial charge in [-0.15, -0.1) is 0 Å². The number of hydrogen-bond acceptors (Lipinski definition) is 20. The molecule has 6 aromatic heterocycles. The number of aromatic nitrogens is 10. The van der Waals surface area contributed by atoms with E-state index in [4.69, 9.17) is 33.8 Å². The first kappa shape index (κ1) is 52.7. The first-order chi connectivity index (χ1) is 40.0. The zero-order valence-corrected chi connectivity index (χ0v) is 47.0. The largest absolute Gasteiger partial charge is 0.494 e. The van der Waals surface area contributed by atoms with Gasteiger partial charge in [0.25, 0.3) is 0 Å². The first-order valence-electron chi connectivity index (χ1n) is 27.2. The number of benzene rings is 4. The molecular weight excluding hydrogens is 1040 g/mol. The molecule has 4 aromatic carbocycles. The molecule has 8 N–H and O–H groups in total. The maximum Gasteiger partial charge on any atom is 0.229 e. The summed E-state index contributed by atoms with van der Waals surface area (Å²) >= 11 is 0. The summed E-state index contributed by atoms with van der Waals surface area (Å²) in [6, 6.07) is 31.9. The Labute approximate surface area is 473 Å².